The highest BCUT2D eigenvalue weighted by molar-refractivity contribution is 7.99. The van der Waals surface area contributed by atoms with Crippen molar-refractivity contribution in [2.24, 2.45) is 0 Å². The zero-order valence-electron chi connectivity index (χ0n) is 16.9. The summed E-state index contributed by atoms with van der Waals surface area (Å²) in [7, 11) is 1.58. The van der Waals surface area contributed by atoms with Crippen LogP contribution in [0.3, 0.4) is 0 Å². The van der Waals surface area contributed by atoms with Crippen molar-refractivity contribution in [1.29, 1.82) is 0 Å². The molecule has 0 aliphatic heterocycles. The topological polar surface area (TPSA) is 49.4 Å². The molecule has 0 saturated heterocycles. The first-order valence-corrected chi connectivity index (χ1v) is 11.4. The average Bonchev–Trinajstić information content (AvgIpc) is 2.71. The van der Waals surface area contributed by atoms with E-state index in [1.807, 2.05) is 25.1 Å². The van der Waals surface area contributed by atoms with Gasteiger partial charge in [0.05, 0.1) is 15.8 Å². The molecule has 29 heavy (non-hydrogen) atoms. The molecule has 156 valence electrons. The first kappa shape index (κ1) is 23.6. The minimum atomic E-state index is -0.541. The fourth-order valence-electron chi connectivity index (χ4n) is 3.02. The van der Waals surface area contributed by atoms with E-state index in [0.717, 1.165) is 11.3 Å². The molecule has 7 heteroatoms. The molecule has 2 aromatic carbocycles. The van der Waals surface area contributed by atoms with Gasteiger partial charge < -0.3 is 10.2 Å². The Bertz CT molecular complexity index is 860. The van der Waals surface area contributed by atoms with Crippen molar-refractivity contribution >= 4 is 46.8 Å². The van der Waals surface area contributed by atoms with Crippen LogP contribution in [-0.2, 0) is 21.9 Å². The Morgan fingerprint density at radius 3 is 2.48 bits per heavy atom. The number of hydrogen-bond donors (Lipinski definition) is 1. The molecule has 4 nitrogen and oxygen atoms in total. The summed E-state index contributed by atoms with van der Waals surface area (Å²) < 4.78 is 0. The van der Waals surface area contributed by atoms with Crippen LogP contribution >= 0.6 is 35.0 Å². The Morgan fingerprint density at radius 2 is 1.86 bits per heavy atom. The normalized spacial score (nSPS) is 11.8. The molecular weight excluding hydrogens is 427 g/mol. The number of benzene rings is 2. The quantitative estimate of drug-likeness (QED) is 0.576. The van der Waals surface area contributed by atoms with E-state index in [4.69, 9.17) is 23.2 Å². The van der Waals surface area contributed by atoms with E-state index in [1.165, 1.54) is 11.1 Å². The molecular formula is C22H26Cl2N2O2S. The SMILES string of the molecule is CC[C@H](C(=O)NC)N(Cc1ccc(Cl)c(Cl)c1)C(=O)CSCc1ccccc1C. The number of hydrogen-bond acceptors (Lipinski definition) is 3. The van der Waals surface area contributed by atoms with E-state index in [1.54, 1.807) is 35.8 Å². The van der Waals surface area contributed by atoms with Crippen molar-refractivity contribution in [1.82, 2.24) is 10.2 Å². The summed E-state index contributed by atoms with van der Waals surface area (Å²) in [5.41, 5.74) is 3.25. The second kappa shape index (κ2) is 11.5. The number of thioether (sulfide) groups is 1. The summed E-state index contributed by atoms with van der Waals surface area (Å²) in [5.74, 6) is 0.786. The van der Waals surface area contributed by atoms with E-state index in [0.29, 0.717) is 28.8 Å². The van der Waals surface area contributed by atoms with Crippen LogP contribution in [0.25, 0.3) is 0 Å². The Hall–Kier alpha value is -1.69. The maximum absolute atomic E-state index is 13.1. The number of carbonyl (C=O) groups excluding carboxylic acids is 2. The Morgan fingerprint density at radius 1 is 1.14 bits per heavy atom. The lowest BCUT2D eigenvalue weighted by atomic mass is 10.1. The molecule has 1 N–H and O–H groups in total. The molecule has 2 rings (SSSR count). The van der Waals surface area contributed by atoms with Gasteiger partial charge in [-0.15, -0.1) is 11.8 Å². The van der Waals surface area contributed by atoms with Crippen molar-refractivity contribution in [3.63, 3.8) is 0 Å². The lowest BCUT2D eigenvalue weighted by molar-refractivity contribution is -0.139. The third-order valence-electron chi connectivity index (χ3n) is 4.71. The van der Waals surface area contributed by atoms with E-state index >= 15 is 0 Å². The summed E-state index contributed by atoms with van der Waals surface area (Å²) in [4.78, 5) is 27.1. The minimum absolute atomic E-state index is 0.0786. The molecule has 0 aliphatic carbocycles. The van der Waals surface area contributed by atoms with Crippen LogP contribution in [0.5, 0.6) is 0 Å². The van der Waals surface area contributed by atoms with E-state index < -0.39 is 6.04 Å². The maximum atomic E-state index is 13.1. The Kier molecular flexibility index (Phi) is 9.34. The monoisotopic (exact) mass is 452 g/mol. The second-order valence-electron chi connectivity index (χ2n) is 6.73. The van der Waals surface area contributed by atoms with Gasteiger partial charge in [0, 0.05) is 19.3 Å². The first-order chi connectivity index (χ1) is 13.9. The summed E-state index contributed by atoms with van der Waals surface area (Å²) in [6.45, 7) is 4.26. The summed E-state index contributed by atoms with van der Waals surface area (Å²) in [6.07, 6.45) is 0.523. The Labute approximate surface area is 187 Å². The van der Waals surface area contributed by atoms with Crippen molar-refractivity contribution in [2.75, 3.05) is 12.8 Å². The number of nitrogens with one attached hydrogen (secondary N) is 1. The zero-order valence-corrected chi connectivity index (χ0v) is 19.2. The molecule has 0 fully saturated rings. The van der Waals surface area contributed by atoms with E-state index in [-0.39, 0.29) is 11.8 Å². The first-order valence-electron chi connectivity index (χ1n) is 9.44. The van der Waals surface area contributed by atoms with Gasteiger partial charge in [0.15, 0.2) is 0 Å². The number of carbonyl (C=O) groups is 2. The van der Waals surface area contributed by atoms with E-state index in [9.17, 15) is 9.59 Å². The van der Waals surface area contributed by atoms with Crippen molar-refractivity contribution in [3.05, 3.63) is 69.2 Å². The minimum Gasteiger partial charge on any atom is -0.357 e. The van der Waals surface area contributed by atoms with E-state index in [2.05, 4.69) is 24.4 Å². The van der Waals surface area contributed by atoms with Crippen LogP contribution in [-0.4, -0.2) is 35.6 Å². The number of rotatable bonds is 9. The van der Waals surface area contributed by atoms with Gasteiger partial charge in [-0.25, -0.2) is 0 Å². The van der Waals surface area contributed by atoms with Gasteiger partial charge in [-0.1, -0.05) is 60.5 Å². The second-order valence-corrected chi connectivity index (χ2v) is 8.53. The van der Waals surface area contributed by atoms with Gasteiger partial charge >= 0.3 is 0 Å². The van der Waals surface area contributed by atoms with Crippen LogP contribution in [0.15, 0.2) is 42.5 Å². The number of halogens is 2. The molecule has 0 heterocycles. The number of likely N-dealkylation sites (N-methyl/N-ethyl adjacent to an activating group) is 1. The van der Waals surface area contributed by atoms with Crippen molar-refractivity contribution in [2.45, 2.75) is 38.6 Å². The van der Waals surface area contributed by atoms with Crippen LogP contribution in [0.4, 0.5) is 0 Å². The van der Waals surface area contributed by atoms with Gasteiger partial charge in [0.1, 0.15) is 6.04 Å². The molecule has 1 atom stereocenters. The van der Waals surface area contributed by atoms with Crippen molar-refractivity contribution < 1.29 is 9.59 Å². The lowest BCUT2D eigenvalue weighted by Crippen LogP contribution is -2.48. The molecule has 0 spiro atoms. The van der Waals surface area contributed by atoms with Gasteiger partial charge in [0.2, 0.25) is 11.8 Å². The molecule has 0 aliphatic rings. The molecule has 2 aromatic rings. The third-order valence-corrected chi connectivity index (χ3v) is 6.42. The third kappa shape index (κ3) is 6.66. The Balaban J connectivity index is 2.14. The van der Waals surface area contributed by atoms with Gasteiger partial charge in [0.25, 0.3) is 0 Å². The predicted molar refractivity (Wildman–Crippen MR) is 122 cm³/mol. The lowest BCUT2D eigenvalue weighted by Gasteiger charge is -2.30. The van der Waals surface area contributed by atoms with Gasteiger partial charge in [-0.3, -0.25) is 9.59 Å². The zero-order chi connectivity index (χ0) is 21.4. The molecule has 2 amide bonds. The van der Waals surface area contributed by atoms with Gasteiger partial charge in [-0.05, 0) is 42.2 Å². The highest BCUT2D eigenvalue weighted by Crippen LogP contribution is 2.24. The summed E-state index contributed by atoms with van der Waals surface area (Å²) in [6, 6.07) is 12.9. The van der Waals surface area contributed by atoms with Crippen LogP contribution in [0.2, 0.25) is 10.0 Å². The highest BCUT2D eigenvalue weighted by atomic mass is 35.5. The molecule has 0 radical (unpaired) electrons. The summed E-state index contributed by atoms with van der Waals surface area (Å²) in [5, 5.41) is 3.55. The fraction of sp³-hybridized carbons (Fsp3) is 0.364. The maximum Gasteiger partial charge on any atom is 0.242 e. The molecule has 0 aromatic heterocycles. The molecule has 0 saturated carbocycles. The molecule has 0 unspecified atom stereocenters. The van der Waals surface area contributed by atoms with Crippen LogP contribution < -0.4 is 5.32 Å². The van der Waals surface area contributed by atoms with Crippen molar-refractivity contribution in [3.8, 4) is 0 Å². The summed E-state index contributed by atoms with van der Waals surface area (Å²) >= 11 is 13.7. The standard InChI is InChI=1S/C22H26Cl2N2O2S/c1-4-20(22(28)25-3)26(12-16-9-10-18(23)19(24)11-16)21(27)14-29-13-17-8-6-5-7-15(17)2/h5-11,20H,4,12-14H2,1-3H3,(H,25,28)/t20-/m1/s1. The number of amides is 2. The number of nitrogens with zero attached hydrogens (tertiary/aromatic N) is 1. The molecule has 0 bridgehead atoms. The predicted octanol–water partition coefficient (Wildman–Crippen LogP) is 5.09. The van der Waals surface area contributed by atoms with Crippen LogP contribution in [0, 0.1) is 6.92 Å². The fourth-order valence-corrected chi connectivity index (χ4v) is 4.33. The van der Waals surface area contributed by atoms with Crippen LogP contribution in [0.1, 0.15) is 30.0 Å². The average molecular weight is 453 g/mol. The highest BCUT2D eigenvalue weighted by Gasteiger charge is 2.28. The number of aryl methyl sites for hydroxylation is 1. The smallest absolute Gasteiger partial charge is 0.242 e. The largest absolute Gasteiger partial charge is 0.357 e. The van der Waals surface area contributed by atoms with Gasteiger partial charge in [-0.2, -0.15) is 0 Å².